The van der Waals surface area contributed by atoms with Gasteiger partial charge in [-0.2, -0.15) is 4.37 Å². The van der Waals surface area contributed by atoms with E-state index in [1.807, 2.05) is 0 Å². The maximum atomic E-state index is 4.91. The highest BCUT2D eigenvalue weighted by molar-refractivity contribution is 7.09. The molecule has 0 saturated carbocycles. The van der Waals surface area contributed by atoms with Crippen LogP contribution in [0.4, 0.5) is 0 Å². The molecule has 4 heteroatoms. The third-order valence-corrected chi connectivity index (χ3v) is 8.11. The SMILES string of the molecule is c1ccc2cc3cc(-c4nsc(-c5ccc(-n6c7ccccc7c7ccccc76)cc5)n4)ccc3cc2c1. The normalized spacial score (nSPS) is 11.7. The van der Waals surface area contributed by atoms with E-state index in [1.54, 1.807) is 0 Å². The minimum absolute atomic E-state index is 0.770. The van der Waals surface area contributed by atoms with Crippen LogP contribution >= 0.6 is 11.5 Å². The monoisotopic (exact) mass is 503 g/mol. The quantitative estimate of drug-likeness (QED) is 0.225. The van der Waals surface area contributed by atoms with E-state index >= 15 is 0 Å². The number of rotatable bonds is 3. The lowest BCUT2D eigenvalue weighted by atomic mass is 10.0. The Kier molecular flexibility index (Phi) is 4.69. The van der Waals surface area contributed by atoms with Gasteiger partial charge >= 0.3 is 0 Å². The Hall–Kier alpha value is -4.80. The zero-order chi connectivity index (χ0) is 25.1. The average Bonchev–Trinajstić information content (AvgIpc) is 3.60. The van der Waals surface area contributed by atoms with Crippen molar-refractivity contribution in [2.75, 3.05) is 0 Å². The second kappa shape index (κ2) is 8.37. The van der Waals surface area contributed by atoms with Gasteiger partial charge in [-0.1, -0.05) is 72.8 Å². The van der Waals surface area contributed by atoms with E-state index in [2.05, 4.69) is 132 Å². The molecule has 2 aromatic heterocycles. The van der Waals surface area contributed by atoms with Crippen LogP contribution in [0.5, 0.6) is 0 Å². The zero-order valence-corrected chi connectivity index (χ0v) is 21.2. The third kappa shape index (κ3) is 3.35. The molecule has 0 N–H and O–H groups in total. The molecule has 38 heavy (non-hydrogen) atoms. The summed E-state index contributed by atoms with van der Waals surface area (Å²) in [5.41, 5.74) is 5.67. The van der Waals surface area contributed by atoms with Crippen molar-refractivity contribution in [2.24, 2.45) is 0 Å². The summed E-state index contributed by atoms with van der Waals surface area (Å²) in [5.74, 6) is 0.770. The Morgan fingerprint density at radius 1 is 0.500 bits per heavy atom. The molecule has 0 spiro atoms. The van der Waals surface area contributed by atoms with Gasteiger partial charge in [0.25, 0.3) is 0 Å². The van der Waals surface area contributed by atoms with E-state index in [4.69, 9.17) is 9.36 Å². The van der Waals surface area contributed by atoms with Gasteiger partial charge < -0.3 is 4.57 Å². The van der Waals surface area contributed by atoms with Crippen LogP contribution in [-0.2, 0) is 0 Å². The van der Waals surface area contributed by atoms with Crippen LogP contribution in [0.15, 0.2) is 127 Å². The zero-order valence-electron chi connectivity index (χ0n) is 20.4. The summed E-state index contributed by atoms with van der Waals surface area (Å²) in [6.07, 6.45) is 0. The van der Waals surface area contributed by atoms with E-state index < -0.39 is 0 Å². The van der Waals surface area contributed by atoms with Crippen LogP contribution in [0.2, 0.25) is 0 Å². The number of nitrogens with zero attached hydrogens (tertiary/aromatic N) is 3. The standard InChI is InChI=1S/C34H21N3S/c1-2-8-24-20-27-21-26(14-13-25(27)19-23(24)7-1)33-35-34(38-36-33)22-15-17-28(18-16-22)37-31-11-5-3-9-29(31)30-10-4-6-12-32(30)37/h1-21H. The van der Waals surface area contributed by atoms with Gasteiger partial charge in [0.2, 0.25) is 0 Å². The lowest BCUT2D eigenvalue weighted by Gasteiger charge is -2.08. The summed E-state index contributed by atoms with van der Waals surface area (Å²) >= 11 is 1.45. The summed E-state index contributed by atoms with van der Waals surface area (Å²) < 4.78 is 7.04. The highest BCUT2D eigenvalue weighted by Crippen LogP contribution is 2.34. The molecule has 0 bridgehead atoms. The summed E-state index contributed by atoms with van der Waals surface area (Å²) in [5, 5.41) is 8.39. The van der Waals surface area contributed by atoms with E-state index in [1.165, 1.54) is 54.9 Å². The van der Waals surface area contributed by atoms with Crippen molar-refractivity contribution in [3.8, 4) is 27.6 Å². The molecule has 0 aliphatic carbocycles. The number of hydrogen-bond donors (Lipinski definition) is 0. The van der Waals surface area contributed by atoms with Crippen molar-refractivity contribution in [3.05, 3.63) is 127 Å². The van der Waals surface area contributed by atoms with Crippen molar-refractivity contribution in [1.82, 2.24) is 13.9 Å². The van der Waals surface area contributed by atoms with Crippen LogP contribution in [-0.4, -0.2) is 13.9 Å². The second-order valence-electron chi connectivity index (χ2n) is 9.60. The minimum atomic E-state index is 0.770. The molecule has 8 aromatic rings. The van der Waals surface area contributed by atoms with Gasteiger partial charge in [0, 0.05) is 27.6 Å². The van der Waals surface area contributed by atoms with Crippen LogP contribution < -0.4 is 0 Å². The molecule has 3 nitrogen and oxygen atoms in total. The van der Waals surface area contributed by atoms with Gasteiger partial charge in [-0.15, -0.1) is 0 Å². The molecule has 178 valence electrons. The predicted molar refractivity (Wildman–Crippen MR) is 160 cm³/mol. The molecular weight excluding hydrogens is 482 g/mol. The molecule has 6 aromatic carbocycles. The topological polar surface area (TPSA) is 30.7 Å². The van der Waals surface area contributed by atoms with E-state index in [0.717, 1.165) is 27.6 Å². The molecule has 0 amide bonds. The maximum absolute atomic E-state index is 4.91. The summed E-state index contributed by atoms with van der Waals surface area (Å²) in [6.45, 7) is 0. The molecule has 0 aliphatic rings. The van der Waals surface area contributed by atoms with Crippen LogP contribution in [0.25, 0.3) is 71.0 Å². The molecule has 2 heterocycles. The Bertz CT molecular complexity index is 2080. The lowest BCUT2D eigenvalue weighted by molar-refractivity contribution is 1.18. The molecule has 0 saturated heterocycles. The second-order valence-corrected chi connectivity index (χ2v) is 10.4. The first-order chi connectivity index (χ1) is 18.8. The van der Waals surface area contributed by atoms with Crippen LogP contribution in [0.3, 0.4) is 0 Å². The summed E-state index contributed by atoms with van der Waals surface area (Å²) in [4.78, 5) is 4.91. The van der Waals surface area contributed by atoms with Gasteiger partial charge in [0.15, 0.2) is 5.82 Å². The van der Waals surface area contributed by atoms with E-state index in [0.29, 0.717) is 0 Å². The Balaban J connectivity index is 1.16. The average molecular weight is 504 g/mol. The van der Waals surface area contributed by atoms with Gasteiger partial charge in [-0.3, -0.25) is 0 Å². The summed E-state index contributed by atoms with van der Waals surface area (Å²) in [6, 6.07) is 45.3. The number of benzene rings is 6. The molecule has 0 fully saturated rings. The van der Waals surface area contributed by atoms with Crippen LogP contribution in [0, 0.1) is 0 Å². The van der Waals surface area contributed by atoms with Crippen LogP contribution in [0.1, 0.15) is 0 Å². The van der Waals surface area contributed by atoms with Crippen molar-refractivity contribution in [3.63, 3.8) is 0 Å². The molecule has 8 rings (SSSR count). The summed E-state index contributed by atoms with van der Waals surface area (Å²) in [7, 11) is 0. The smallest absolute Gasteiger partial charge is 0.173 e. The number of aromatic nitrogens is 3. The largest absolute Gasteiger partial charge is 0.309 e. The molecule has 0 atom stereocenters. The first-order valence-corrected chi connectivity index (χ1v) is 13.4. The van der Waals surface area contributed by atoms with Gasteiger partial charge in [0.1, 0.15) is 5.01 Å². The van der Waals surface area contributed by atoms with Gasteiger partial charge in [0.05, 0.1) is 11.0 Å². The Morgan fingerprint density at radius 2 is 1.08 bits per heavy atom. The lowest BCUT2D eigenvalue weighted by Crippen LogP contribution is -1.93. The number of fused-ring (bicyclic) bond motifs is 5. The van der Waals surface area contributed by atoms with E-state index in [-0.39, 0.29) is 0 Å². The fourth-order valence-corrected chi connectivity index (χ4v) is 6.18. The van der Waals surface area contributed by atoms with Gasteiger partial charge in [-0.25, -0.2) is 4.98 Å². The van der Waals surface area contributed by atoms with Gasteiger partial charge in [-0.05, 0) is 87.7 Å². The molecule has 0 aliphatic heterocycles. The first-order valence-electron chi connectivity index (χ1n) is 12.7. The highest BCUT2D eigenvalue weighted by atomic mass is 32.1. The number of hydrogen-bond acceptors (Lipinski definition) is 3. The van der Waals surface area contributed by atoms with Crippen molar-refractivity contribution < 1.29 is 0 Å². The Labute approximate surface area is 223 Å². The highest BCUT2D eigenvalue weighted by Gasteiger charge is 2.13. The maximum Gasteiger partial charge on any atom is 0.173 e. The van der Waals surface area contributed by atoms with Crippen molar-refractivity contribution in [2.45, 2.75) is 0 Å². The van der Waals surface area contributed by atoms with E-state index in [9.17, 15) is 0 Å². The minimum Gasteiger partial charge on any atom is -0.309 e. The molecule has 0 radical (unpaired) electrons. The Morgan fingerprint density at radius 3 is 1.79 bits per heavy atom. The third-order valence-electron chi connectivity index (χ3n) is 7.34. The van der Waals surface area contributed by atoms with Crippen molar-refractivity contribution in [1.29, 1.82) is 0 Å². The fraction of sp³-hybridized carbons (Fsp3) is 0. The molecular formula is C34H21N3S. The van der Waals surface area contributed by atoms with Crippen molar-refractivity contribution >= 4 is 54.9 Å². The molecule has 0 unspecified atom stereocenters. The predicted octanol–water partition coefficient (Wildman–Crippen LogP) is 9.28. The number of para-hydroxylation sites is 2. The first kappa shape index (κ1) is 21.3. The fourth-order valence-electron chi connectivity index (χ4n) is 5.49.